The van der Waals surface area contributed by atoms with Gasteiger partial charge in [-0.05, 0) is 42.3 Å². The number of nitrogens with one attached hydrogen (secondary N) is 1. The van der Waals surface area contributed by atoms with Gasteiger partial charge >= 0.3 is 0 Å². The molecule has 1 aliphatic rings. The van der Waals surface area contributed by atoms with Gasteiger partial charge in [0.25, 0.3) is 0 Å². The molecule has 3 rings (SSSR count). The van der Waals surface area contributed by atoms with Gasteiger partial charge in [0.05, 0.1) is 17.1 Å². The van der Waals surface area contributed by atoms with Crippen LogP contribution in [0.5, 0.6) is 0 Å². The monoisotopic (exact) mass is 362 g/mol. The van der Waals surface area contributed by atoms with Crippen LogP contribution in [-0.4, -0.2) is 18.4 Å². The third kappa shape index (κ3) is 3.89. The second-order valence-electron chi connectivity index (χ2n) is 5.66. The van der Waals surface area contributed by atoms with Crippen LogP contribution < -0.4 is 10.2 Å². The highest BCUT2D eigenvalue weighted by atomic mass is 35.5. The molecule has 6 heteroatoms. The molecule has 4 nitrogen and oxygen atoms in total. The molecule has 0 spiro atoms. The first kappa shape index (κ1) is 16.8. The van der Waals surface area contributed by atoms with E-state index in [-0.39, 0.29) is 18.2 Å². The molecule has 124 valence electrons. The summed E-state index contributed by atoms with van der Waals surface area (Å²) < 4.78 is 0. The number of benzene rings is 2. The Morgan fingerprint density at radius 1 is 1.12 bits per heavy atom. The van der Waals surface area contributed by atoms with Gasteiger partial charge in [-0.15, -0.1) is 0 Å². The van der Waals surface area contributed by atoms with Crippen molar-refractivity contribution in [2.75, 3.05) is 16.8 Å². The number of hydrogen-bond donors (Lipinski definition) is 1. The van der Waals surface area contributed by atoms with Crippen molar-refractivity contribution in [1.82, 2.24) is 0 Å². The van der Waals surface area contributed by atoms with Crippen LogP contribution in [0.15, 0.2) is 42.5 Å². The average Bonchev–Trinajstić information content (AvgIpc) is 2.98. The van der Waals surface area contributed by atoms with Gasteiger partial charge in [0.2, 0.25) is 11.8 Å². The maximum absolute atomic E-state index is 12.2. The van der Waals surface area contributed by atoms with Crippen molar-refractivity contribution in [2.45, 2.75) is 19.3 Å². The Kier molecular flexibility index (Phi) is 5.07. The van der Waals surface area contributed by atoms with E-state index >= 15 is 0 Å². The van der Waals surface area contributed by atoms with Crippen LogP contribution in [-0.2, 0) is 16.0 Å². The fourth-order valence-corrected chi connectivity index (χ4v) is 3.02. The predicted octanol–water partition coefficient (Wildman–Crippen LogP) is 4.30. The summed E-state index contributed by atoms with van der Waals surface area (Å²) in [4.78, 5) is 25.7. The molecular weight excluding hydrogens is 347 g/mol. The lowest BCUT2D eigenvalue weighted by atomic mass is 10.1. The molecule has 2 amide bonds. The van der Waals surface area contributed by atoms with Crippen molar-refractivity contribution in [3.63, 3.8) is 0 Å². The fraction of sp³-hybridized carbons (Fsp3) is 0.222. The molecule has 1 aliphatic heterocycles. The number of anilines is 2. The highest BCUT2D eigenvalue weighted by molar-refractivity contribution is 6.35. The second-order valence-corrected chi connectivity index (χ2v) is 6.51. The Morgan fingerprint density at radius 2 is 1.88 bits per heavy atom. The van der Waals surface area contributed by atoms with Crippen molar-refractivity contribution < 1.29 is 9.59 Å². The van der Waals surface area contributed by atoms with Gasteiger partial charge in [0.1, 0.15) is 0 Å². The van der Waals surface area contributed by atoms with Crippen molar-refractivity contribution in [3.8, 4) is 0 Å². The number of halogens is 2. The summed E-state index contributed by atoms with van der Waals surface area (Å²) in [5, 5.41) is 3.71. The summed E-state index contributed by atoms with van der Waals surface area (Å²) in [6.45, 7) is 0.756. The number of carbonyl (C=O) groups is 2. The van der Waals surface area contributed by atoms with Gasteiger partial charge in [-0.25, -0.2) is 0 Å². The minimum atomic E-state index is -0.177. The largest absolute Gasteiger partial charge is 0.324 e. The molecule has 0 aliphatic carbocycles. The highest BCUT2D eigenvalue weighted by Gasteiger charge is 2.21. The highest BCUT2D eigenvalue weighted by Crippen LogP contribution is 2.26. The average molecular weight is 363 g/mol. The van der Waals surface area contributed by atoms with E-state index < -0.39 is 0 Å². The first-order valence-corrected chi connectivity index (χ1v) is 8.43. The van der Waals surface area contributed by atoms with Gasteiger partial charge in [-0.2, -0.15) is 0 Å². The fourth-order valence-electron chi connectivity index (χ4n) is 2.69. The van der Waals surface area contributed by atoms with Crippen molar-refractivity contribution in [1.29, 1.82) is 0 Å². The minimum absolute atomic E-state index is 0.149. The Morgan fingerprint density at radius 3 is 2.54 bits per heavy atom. The standard InChI is InChI=1S/C18H16Cl2N2O2/c19-13-5-8-15(20)16(11-13)21-17(23)10-12-3-6-14(7-4-12)22-9-1-2-18(22)24/h3-8,11H,1-2,9-10H2,(H,21,23). The Balaban J connectivity index is 1.64. The topological polar surface area (TPSA) is 49.4 Å². The van der Waals surface area contributed by atoms with E-state index in [2.05, 4.69) is 5.32 Å². The summed E-state index contributed by atoms with van der Waals surface area (Å²) in [5.74, 6) is -0.0275. The molecule has 2 aromatic rings. The lowest BCUT2D eigenvalue weighted by Crippen LogP contribution is -2.23. The number of amides is 2. The Labute approximate surface area is 150 Å². The number of rotatable bonds is 4. The Hall–Kier alpha value is -2.04. The predicted molar refractivity (Wildman–Crippen MR) is 96.8 cm³/mol. The molecule has 0 aromatic heterocycles. The smallest absolute Gasteiger partial charge is 0.228 e. The summed E-state index contributed by atoms with van der Waals surface area (Å²) >= 11 is 11.9. The van der Waals surface area contributed by atoms with E-state index in [9.17, 15) is 9.59 Å². The van der Waals surface area contributed by atoms with Gasteiger partial charge in [0, 0.05) is 23.7 Å². The normalized spacial score (nSPS) is 14.1. The third-order valence-corrected chi connectivity index (χ3v) is 4.45. The maximum Gasteiger partial charge on any atom is 0.228 e. The molecule has 0 unspecified atom stereocenters. The Bertz CT molecular complexity index is 775. The summed E-state index contributed by atoms with van der Waals surface area (Å²) in [5.41, 5.74) is 2.23. The first-order chi connectivity index (χ1) is 11.5. The van der Waals surface area contributed by atoms with E-state index in [4.69, 9.17) is 23.2 Å². The van der Waals surface area contributed by atoms with Crippen molar-refractivity contribution >= 4 is 46.4 Å². The lowest BCUT2D eigenvalue weighted by Gasteiger charge is -2.16. The van der Waals surface area contributed by atoms with E-state index in [1.807, 2.05) is 24.3 Å². The first-order valence-electron chi connectivity index (χ1n) is 7.67. The zero-order valence-corrected chi connectivity index (χ0v) is 14.4. The van der Waals surface area contributed by atoms with Crippen molar-refractivity contribution in [3.05, 3.63) is 58.1 Å². The molecule has 2 aromatic carbocycles. The number of hydrogen-bond acceptors (Lipinski definition) is 2. The molecule has 1 saturated heterocycles. The van der Waals surface area contributed by atoms with Crippen LogP contribution in [0, 0.1) is 0 Å². The molecule has 1 N–H and O–H groups in total. The molecule has 1 fully saturated rings. The summed E-state index contributed by atoms with van der Waals surface area (Å²) in [6.07, 6.45) is 1.71. The summed E-state index contributed by atoms with van der Waals surface area (Å²) in [7, 11) is 0. The molecular formula is C18H16Cl2N2O2. The van der Waals surface area contributed by atoms with Crippen LogP contribution in [0.3, 0.4) is 0 Å². The number of carbonyl (C=O) groups excluding carboxylic acids is 2. The molecule has 0 bridgehead atoms. The van der Waals surface area contributed by atoms with Gasteiger partial charge in [-0.1, -0.05) is 35.3 Å². The maximum atomic E-state index is 12.2. The number of nitrogens with zero attached hydrogens (tertiary/aromatic N) is 1. The molecule has 0 atom stereocenters. The minimum Gasteiger partial charge on any atom is -0.324 e. The molecule has 0 radical (unpaired) electrons. The van der Waals surface area contributed by atoms with E-state index in [0.29, 0.717) is 22.2 Å². The quantitative estimate of drug-likeness (QED) is 0.881. The van der Waals surface area contributed by atoms with Gasteiger partial charge in [-0.3, -0.25) is 9.59 Å². The van der Waals surface area contributed by atoms with Crippen molar-refractivity contribution in [2.24, 2.45) is 0 Å². The molecule has 1 heterocycles. The zero-order chi connectivity index (χ0) is 17.1. The van der Waals surface area contributed by atoms with Gasteiger partial charge < -0.3 is 10.2 Å². The van der Waals surface area contributed by atoms with Crippen LogP contribution in [0.4, 0.5) is 11.4 Å². The second kappa shape index (κ2) is 7.24. The molecule has 24 heavy (non-hydrogen) atoms. The van der Waals surface area contributed by atoms with Crippen LogP contribution in [0.25, 0.3) is 0 Å². The van der Waals surface area contributed by atoms with E-state index in [1.54, 1.807) is 23.1 Å². The molecule has 0 saturated carbocycles. The van der Waals surface area contributed by atoms with Crippen LogP contribution in [0.1, 0.15) is 18.4 Å². The summed E-state index contributed by atoms with van der Waals surface area (Å²) in [6, 6.07) is 12.4. The van der Waals surface area contributed by atoms with E-state index in [1.165, 1.54) is 0 Å². The third-order valence-electron chi connectivity index (χ3n) is 3.89. The van der Waals surface area contributed by atoms with Crippen LogP contribution in [0.2, 0.25) is 10.0 Å². The van der Waals surface area contributed by atoms with Gasteiger partial charge in [0.15, 0.2) is 0 Å². The van der Waals surface area contributed by atoms with Crippen LogP contribution >= 0.6 is 23.2 Å². The lowest BCUT2D eigenvalue weighted by molar-refractivity contribution is -0.117. The van der Waals surface area contributed by atoms with E-state index in [0.717, 1.165) is 24.2 Å². The zero-order valence-electron chi connectivity index (χ0n) is 12.9. The SMILES string of the molecule is O=C(Cc1ccc(N2CCCC2=O)cc1)Nc1cc(Cl)ccc1Cl.